The second kappa shape index (κ2) is 2.27. The Hall–Kier alpha value is -0.960. The van der Waals surface area contributed by atoms with Crippen LogP contribution in [0, 0.1) is 6.92 Å². The minimum absolute atomic E-state index is 0.347. The molecule has 3 nitrogen and oxygen atoms in total. The lowest BCUT2D eigenvalue weighted by Crippen LogP contribution is -2.02. The van der Waals surface area contributed by atoms with Crippen LogP contribution in [-0.2, 0) is 0 Å². The Balaban J connectivity index is 2.31. The fourth-order valence-electron chi connectivity index (χ4n) is 1.34. The van der Waals surface area contributed by atoms with E-state index < -0.39 is 0 Å². The van der Waals surface area contributed by atoms with E-state index in [0.29, 0.717) is 12.0 Å². The van der Waals surface area contributed by atoms with Gasteiger partial charge in [-0.1, -0.05) is 0 Å². The largest absolute Gasteiger partial charge is 0.327 e. The van der Waals surface area contributed by atoms with Crippen LogP contribution in [0.4, 0.5) is 0 Å². The van der Waals surface area contributed by atoms with Crippen LogP contribution in [-0.4, -0.2) is 16.0 Å². The maximum Gasteiger partial charge on any atom is 0.115 e. The highest BCUT2D eigenvalue weighted by molar-refractivity contribution is 5.27. The van der Waals surface area contributed by atoms with Gasteiger partial charge in [-0.3, -0.25) is 0 Å². The SMILES string of the molecule is Cc1ncncc1[C@@H]1C[C@H]1N. The van der Waals surface area contributed by atoms with E-state index >= 15 is 0 Å². The van der Waals surface area contributed by atoms with E-state index in [-0.39, 0.29) is 0 Å². The van der Waals surface area contributed by atoms with Gasteiger partial charge in [0.1, 0.15) is 6.33 Å². The molecule has 2 rings (SSSR count). The fourth-order valence-corrected chi connectivity index (χ4v) is 1.34. The zero-order chi connectivity index (χ0) is 7.84. The maximum absolute atomic E-state index is 5.71. The molecule has 58 valence electrons. The van der Waals surface area contributed by atoms with Crippen LogP contribution in [0.1, 0.15) is 23.6 Å². The molecule has 1 fully saturated rings. The van der Waals surface area contributed by atoms with Crippen LogP contribution in [0.3, 0.4) is 0 Å². The van der Waals surface area contributed by atoms with Crippen molar-refractivity contribution in [3.05, 3.63) is 23.8 Å². The third kappa shape index (κ3) is 1.12. The monoisotopic (exact) mass is 149 g/mol. The molecular weight excluding hydrogens is 138 g/mol. The summed E-state index contributed by atoms with van der Waals surface area (Å²) in [5, 5.41) is 0. The van der Waals surface area contributed by atoms with Crippen LogP contribution >= 0.6 is 0 Å². The van der Waals surface area contributed by atoms with Gasteiger partial charge in [0.2, 0.25) is 0 Å². The molecule has 0 unspecified atom stereocenters. The van der Waals surface area contributed by atoms with Gasteiger partial charge < -0.3 is 5.73 Å². The lowest BCUT2D eigenvalue weighted by atomic mass is 10.1. The molecule has 0 aromatic carbocycles. The molecule has 2 N–H and O–H groups in total. The summed E-state index contributed by atoms with van der Waals surface area (Å²) in [7, 11) is 0. The Morgan fingerprint density at radius 1 is 1.64 bits per heavy atom. The molecule has 11 heavy (non-hydrogen) atoms. The van der Waals surface area contributed by atoms with Gasteiger partial charge in [0.25, 0.3) is 0 Å². The number of hydrogen-bond donors (Lipinski definition) is 1. The number of nitrogens with zero attached hydrogens (tertiary/aromatic N) is 2. The van der Waals surface area contributed by atoms with Crippen LogP contribution < -0.4 is 5.73 Å². The third-order valence-electron chi connectivity index (χ3n) is 2.19. The second-order valence-corrected chi connectivity index (χ2v) is 3.07. The van der Waals surface area contributed by atoms with Crippen LogP contribution in [0.5, 0.6) is 0 Å². The molecule has 0 spiro atoms. The van der Waals surface area contributed by atoms with Crippen molar-refractivity contribution in [2.75, 3.05) is 0 Å². The molecule has 1 aliphatic carbocycles. The Kier molecular flexibility index (Phi) is 1.39. The molecular formula is C8H11N3. The van der Waals surface area contributed by atoms with Crippen molar-refractivity contribution in [2.45, 2.75) is 25.3 Å². The highest BCUT2D eigenvalue weighted by Crippen LogP contribution is 2.39. The van der Waals surface area contributed by atoms with Crippen LogP contribution in [0.15, 0.2) is 12.5 Å². The summed E-state index contributed by atoms with van der Waals surface area (Å²) >= 11 is 0. The van der Waals surface area contributed by atoms with Gasteiger partial charge in [-0.2, -0.15) is 0 Å². The number of aryl methyl sites for hydroxylation is 1. The van der Waals surface area contributed by atoms with Gasteiger partial charge in [0.05, 0.1) is 0 Å². The molecule has 0 saturated heterocycles. The molecule has 0 amide bonds. The fraction of sp³-hybridized carbons (Fsp3) is 0.500. The lowest BCUT2D eigenvalue weighted by Gasteiger charge is -1.99. The number of nitrogens with two attached hydrogens (primary N) is 1. The van der Waals surface area contributed by atoms with Crippen molar-refractivity contribution in [1.82, 2.24) is 9.97 Å². The molecule has 0 radical (unpaired) electrons. The number of rotatable bonds is 1. The first kappa shape index (κ1) is 6.73. The summed E-state index contributed by atoms with van der Waals surface area (Å²) in [5.41, 5.74) is 8.00. The van der Waals surface area contributed by atoms with Gasteiger partial charge in [-0.05, 0) is 18.9 Å². The Morgan fingerprint density at radius 2 is 2.36 bits per heavy atom. The lowest BCUT2D eigenvalue weighted by molar-refractivity contribution is 0.936. The zero-order valence-electron chi connectivity index (χ0n) is 6.49. The van der Waals surface area contributed by atoms with E-state index in [0.717, 1.165) is 12.1 Å². The molecule has 1 aromatic heterocycles. The highest BCUT2D eigenvalue weighted by atomic mass is 14.8. The van der Waals surface area contributed by atoms with Crippen molar-refractivity contribution in [2.24, 2.45) is 5.73 Å². The maximum atomic E-state index is 5.71. The van der Waals surface area contributed by atoms with Gasteiger partial charge >= 0.3 is 0 Å². The van der Waals surface area contributed by atoms with E-state index in [9.17, 15) is 0 Å². The third-order valence-corrected chi connectivity index (χ3v) is 2.19. The van der Waals surface area contributed by atoms with Crippen molar-refractivity contribution >= 4 is 0 Å². The predicted octanol–water partition coefficient (Wildman–Crippen LogP) is 0.600. The quantitative estimate of drug-likeness (QED) is 0.636. The minimum atomic E-state index is 0.347. The van der Waals surface area contributed by atoms with Crippen molar-refractivity contribution in [3.63, 3.8) is 0 Å². The Labute approximate surface area is 65.7 Å². The van der Waals surface area contributed by atoms with E-state index in [1.165, 1.54) is 5.56 Å². The first-order chi connectivity index (χ1) is 5.29. The van der Waals surface area contributed by atoms with E-state index in [1.54, 1.807) is 6.33 Å². The van der Waals surface area contributed by atoms with E-state index in [2.05, 4.69) is 9.97 Å². The molecule has 1 aromatic rings. The van der Waals surface area contributed by atoms with Gasteiger partial charge in [-0.25, -0.2) is 9.97 Å². The van der Waals surface area contributed by atoms with E-state index in [4.69, 9.17) is 5.73 Å². The highest BCUT2D eigenvalue weighted by Gasteiger charge is 2.36. The summed E-state index contributed by atoms with van der Waals surface area (Å²) in [6.07, 6.45) is 4.54. The number of aromatic nitrogens is 2. The minimum Gasteiger partial charge on any atom is -0.327 e. The number of hydrogen-bond acceptors (Lipinski definition) is 3. The topological polar surface area (TPSA) is 51.8 Å². The summed E-state index contributed by atoms with van der Waals surface area (Å²) in [5.74, 6) is 0.524. The molecule has 1 heterocycles. The predicted molar refractivity (Wildman–Crippen MR) is 42.1 cm³/mol. The molecule has 2 atom stereocenters. The normalized spacial score (nSPS) is 28.5. The molecule has 1 aliphatic rings. The standard InChI is InChI=1S/C8H11N3/c1-5-7(3-10-4-11-5)6-2-8(6)9/h3-4,6,8H,2,9H2,1H3/t6-,8+/m0/s1. The molecule has 1 saturated carbocycles. The van der Waals surface area contributed by atoms with Crippen LogP contribution in [0.25, 0.3) is 0 Å². The zero-order valence-corrected chi connectivity index (χ0v) is 6.49. The summed E-state index contributed by atoms with van der Waals surface area (Å²) in [6, 6.07) is 0.347. The summed E-state index contributed by atoms with van der Waals surface area (Å²) in [6.45, 7) is 2.00. The first-order valence-electron chi connectivity index (χ1n) is 3.81. The van der Waals surface area contributed by atoms with Gasteiger partial charge in [-0.15, -0.1) is 0 Å². The van der Waals surface area contributed by atoms with Crippen molar-refractivity contribution < 1.29 is 0 Å². The molecule has 0 aliphatic heterocycles. The molecule has 0 bridgehead atoms. The van der Waals surface area contributed by atoms with Gasteiger partial charge in [0, 0.05) is 23.9 Å². The Morgan fingerprint density at radius 3 is 2.91 bits per heavy atom. The average Bonchev–Trinajstić information content (AvgIpc) is 2.68. The average molecular weight is 149 g/mol. The van der Waals surface area contributed by atoms with Crippen molar-refractivity contribution in [1.29, 1.82) is 0 Å². The smallest absolute Gasteiger partial charge is 0.115 e. The first-order valence-corrected chi connectivity index (χ1v) is 3.81. The molecule has 3 heteroatoms. The van der Waals surface area contributed by atoms with Crippen molar-refractivity contribution in [3.8, 4) is 0 Å². The second-order valence-electron chi connectivity index (χ2n) is 3.07. The summed E-state index contributed by atoms with van der Waals surface area (Å²) in [4.78, 5) is 8.08. The van der Waals surface area contributed by atoms with Crippen LogP contribution in [0.2, 0.25) is 0 Å². The van der Waals surface area contributed by atoms with Gasteiger partial charge in [0.15, 0.2) is 0 Å². The summed E-state index contributed by atoms with van der Waals surface area (Å²) < 4.78 is 0. The van der Waals surface area contributed by atoms with E-state index in [1.807, 2.05) is 13.1 Å². The Bertz CT molecular complexity index is 272.